The number of hydrogen-bond acceptors (Lipinski definition) is 3. The number of aromatic nitrogens is 1. The van der Waals surface area contributed by atoms with Crippen molar-refractivity contribution in [2.24, 2.45) is 11.3 Å². The summed E-state index contributed by atoms with van der Waals surface area (Å²) >= 11 is 1.61. The van der Waals surface area contributed by atoms with E-state index in [0.29, 0.717) is 0 Å². The number of thiazole rings is 1. The second kappa shape index (κ2) is 3.89. The fourth-order valence-corrected chi connectivity index (χ4v) is 2.73. The Hall–Kier alpha value is -0.960. The molecule has 0 saturated carbocycles. The van der Waals surface area contributed by atoms with Gasteiger partial charge in [0.15, 0.2) is 0 Å². The van der Waals surface area contributed by atoms with Crippen molar-refractivity contribution in [2.45, 2.75) is 26.7 Å². The lowest BCUT2D eigenvalue weighted by atomic mass is 9.75. The number of aldehydes is 1. The quantitative estimate of drug-likeness (QED) is 0.718. The van der Waals surface area contributed by atoms with Gasteiger partial charge in [-0.05, 0) is 23.8 Å². The molecule has 1 aromatic heterocycles. The first-order chi connectivity index (χ1) is 7.12. The van der Waals surface area contributed by atoms with E-state index >= 15 is 0 Å². The molecule has 0 amide bonds. The fraction of sp³-hybridized carbons (Fsp3) is 0.500. The maximum atomic E-state index is 11.0. The van der Waals surface area contributed by atoms with Crippen molar-refractivity contribution in [1.82, 2.24) is 4.98 Å². The van der Waals surface area contributed by atoms with Crippen LogP contribution in [0.3, 0.4) is 0 Å². The summed E-state index contributed by atoms with van der Waals surface area (Å²) in [6, 6.07) is 0. The zero-order valence-electron chi connectivity index (χ0n) is 9.06. The SMILES string of the molecule is CC1(C)C=C(c2nccs2)C(C=O)CC1. The van der Waals surface area contributed by atoms with Crippen LogP contribution in [0.1, 0.15) is 31.7 Å². The largest absolute Gasteiger partial charge is 0.303 e. The molecule has 1 heterocycles. The second-order valence-corrected chi connectivity index (χ2v) is 5.60. The van der Waals surface area contributed by atoms with Gasteiger partial charge >= 0.3 is 0 Å². The van der Waals surface area contributed by atoms with Gasteiger partial charge in [0.25, 0.3) is 0 Å². The summed E-state index contributed by atoms with van der Waals surface area (Å²) in [4.78, 5) is 15.3. The molecule has 3 heteroatoms. The van der Waals surface area contributed by atoms with Crippen LogP contribution < -0.4 is 0 Å². The third-order valence-electron chi connectivity index (χ3n) is 2.89. The predicted octanol–water partition coefficient (Wildman–Crippen LogP) is 3.16. The molecule has 0 bridgehead atoms. The van der Waals surface area contributed by atoms with Crippen LogP contribution in [0.2, 0.25) is 0 Å². The van der Waals surface area contributed by atoms with Gasteiger partial charge in [0.2, 0.25) is 0 Å². The Bertz CT molecular complexity index is 378. The van der Waals surface area contributed by atoms with Crippen molar-refractivity contribution in [2.75, 3.05) is 0 Å². The van der Waals surface area contributed by atoms with E-state index in [2.05, 4.69) is 24.9 Å². The number of carbonyl (C=O) groups is 1. The molecule has 15 heavy (non-hydrogen) atoms. The Morgan fingerprint density at radius 3 is 3.00 bits per heavy atom. The first-order valence-corrected chi connectivity index (χ1v) is 6.08. The molecule has 0 radical (unpaired) electrons. The Balaban J connectivity index is 2.40. The van der Waals surface area contributed by atoms with E-state index in [1.165, 1.54) is 0 Å². The van der Waals surface area contributed by atoms with E-state index in [-0.39, 0.29) is 11.3 Å². The summed E-state index contributed by atoms with van der Waals surface area (Å²) in [5.41, 5.74) is 1.32. The molecule has 2 rings (SSSR count). The van der Waals surface area contributed by atoms with E-state index in [9.17, 15) is 4.79 Å². The predicted molar refractivity (Wildman–Crippen MR) is 62.7 cm³/mol. The summed E-state index contributed by atoms with van der Waals surface area (Å²) in [5.74, 6) is 0.0455. The van der Waals surface area contributed by atoms with Crippen molar-refractivity contribution in [3.8, 4) is 0 Å². The minimum Gasteiger partial charge on any atom is -0.303 e. The normalized spacial score (nSPS) is 24.7. The monoisotopic (exact) mass is 221 g/mol. The molecular formula is C12H15NOS. The Labute approximate surface area is 94.0 Å². The van der Waals surface area contributed by atoms with Gasteiger partial charge in [0.05, 0.1) is 0 Å². The van der Waals surface area contributed by atoms with Gasteiger partial charge in [-0.2, -0.15) is 0 Å². The third kappa shape index (κ3) is 2.17. The van der Waals surface area contributed by atoms with Crippen LogP contribution in [-0.2, 0) is 4.79 Å². The van der Waals surface area contributed by atoms with Gasteiger partial charge in [-0.1, -0.05) is 19.9 Å². The minimum absolute atomic E-state index is 0.0455. The molecule has 80 valence electrons. The Morgan fingerprint density at radius 2 is 2.40 bits per heavy atom. The molecule has 0 spiro atoms. The first-order valence-electron chi connectivity index (χ1n) is 5.20. The molecule has 1 aliphatic carbocycles. The van der Waals surface area contributed by atoms with Gasteiger partial charge < -0.3 is 4.79 Å². The maximum Gasteiger partial charge on any atom is 0.127 e. The average molecular weight is 221 g/mol. The molecule has 1 aliphatic rings. The van der Waals surface area contributed by atoms with Crippen molar-refractivity contribution in [3.63, 3.8) is 0 Å². The molecule has 0 aromatic carbocycles. The molecule has 1 atom stereocenters. The number of carbonyl (C=O) groups excluding carboxylic acids is 1. The summed E-state index contributed by atoms with van der Waals surface area (Å²) in [7, 11) is 0. The van der Waals surface area contributed by atoms with Crippen molar-refractivity contribution in [1.29, 1.82) is 0 Å². The minimum atomic E-state index is 0.0455. The molecule has 0 saturated heterocycles. The van der Waals surface area contributed by atoms with Crippen molar-refractivity contribution >= 4 is 23.2 Å². The topological polar surface area (TPSA) is 30.0 Å². The summed E-state index contributed by atoms with van der Waals surface area (Å²) in [5, 5.41) is 2.96. The Kier molecular flexibility index (Phi) is 2.74. The number of nitrogens with zero attached hydrogens (tertiary/aromatic N) is 1. The van der Waals surface area contributed by atoms with Crippen LogP contribution in [0.5, 0.6) is 0 Å². The molecular weight excluding hydrogens is 206 g/mol. The van der Waals surface area contributed by atoms with Gasteiger partial charge in [0, 0.05) is 17.5 Å². The molecule has 0 N–H and O–H groups in total. The summed E-state index contributed by atoms with van der Waals surface area (Å²) in [6.45, 7) is 4.42. The van der Waals surface area contributed by atoms with Gasteiger partial charge in [-0.3, -0.25) is 0 Å². The number of rotatable bonds is 2. The highest BCUT2D eigenvalue weighted by atomic mass is 32.1. The number of allylic oxidation sites excluding steroid dienone is 2. The standard InChI is InChI=1S/C12H15NOS/c1-12(2)4-3-9(8-14)10(7-12)11-13-5-6-15-11/h5-9H,3-4H2,1-2H3. The molecule has 1 unspecified atom stereocenters. The Morgan fingerprint density at radius 1 is 1.60 bits per heavy atom. The van der Waals surface area contributed by atoms with Crippen LogP contribution in [0.4, 0.5) is 0 Å². The van der Waals surface area contributed by atoms with Crippen molar-refractivity contribution in [3.05, 3.63) is 22.7 Å². The maximum absolute atomic E-state index is 11.0. The lowest BCUT2D eigenvalue weighted by Gasteiger charge is -2.30. The van der Waals surface area contributed by atoms with E-state index in [4.69, 9.17) is 0 Å². The lowest BCUT2D eigenvalue weighted by molar-refractivity contribution is -0.110. The van der Waals surface area contributed by atoms with Crippen LogP contribution >= 0.6 is 11.3 Å². The van der Waals surface area contributed by atoms with Crippen LogP contribution in [-0.4, -0.2) is 11.3 Å². The van der Waals surface area contributed by atoms with Gasteiger partial charge in [0.1, 0.15) is 11.3 Å². The highest BCUT2D eigenvalue weighted by Gasteiger charge is 2.28. The van der Waals surface area contributed by atoms with Gasteiger partial charge in [-0.25, -0.2) is 4.98 Å². The molecule has 2 nitrogen and oxygen atoms in total. The fourth-order valence-electron chi connectivity index (χ4n) is 2.01. The van der Waals surface area contributed by atoms with E-state index in [1.54, 1.807) is 17.5 Å². The third-order valence-corrected chi connectivity index (χ3v) is 3.71. The zero-order valence-corrected chi connectivity index (χ0v) is 9.88. The lowest BCUT2D eigenvalue weighted by Crippen LogP contribution is -2.20. The zero-order chi connectivity index (χ0) is 10.9. The van der Waals surface area contributed by atoms with Gasteiger partial charge in [-0.15, -0.1) is 11.3 Å². The smallest absolute Gasteiger partial charge is 0.127 e. The highest BCUT2D eigenvalue weighted by molar-refractivity contribution is 7.10. The number of hydrogen-bond donors (Lipinski definition) is 0. The van der Waals surface area contributed by atoms with E-state index in [1.807, 2.05) is 5.38 Å². The molecule has 0 fully saturated rings. The van der Waals surface area contributed by atoms with Crippen molar-refractivity contribution < 1.29 is 4.79 Å². The van der Waals surface area contributed by atoms with Crippen LogP contribution in [0.15, 0.2) is 17.7 Å². The first kappa shape index (κ1) is 10.6. The van der Waals surface area contributed by atoms with E-state index < -0.39 is 0 Å². The molecule has 0 aliphatic heterocycles. The summed E-state index contributed by atoms with van der Waals surface area (Å²) < 4.78 is 0. The van der Waals surface area contributed by atoms with Crippen LogP contribution in [0, 0.1) is 11.3 Å². The van der Waals surface area contributed by atoms with E-state index in [0.717, 1.165) is 29.7 Å². The van der Waals surface area contributed by atoms with Crippen LogP contribution in [0.25, 0.3) is 5.57 Å². The summed E-state index contributed by atoms with van der Waals surface area (Å²) in [6.07, 6.45) is 7.09. The molecule has 1 aromatic rings. The second-order valence-electron chi connectivity index (χ2n) is 4.71. The average Bonchev–Trinajstić information content (AvgIpc) is 2.69. The highest BCUT2D eigenvalue weighted by Crippen LogP contribution is 2.40.